The fourth-order valence-corrected chi connectivity index (χ4v) is 2.89. The molecule has 12 heteroatoms. The number of carbonyl (C=O) groups excluding carboxylic acids is 1. The monoisotopic (exact) mass is 465 g/mol. The van der Waals surface area contributed by atoms with Gasteiger partial charge < -0.3 is 15.0 Å². The highest BCUT2D eigenvalue weighted by atomic mass is 35.5. The van der Waals surface area contributed by atoms with E-state index >= 15 is 0 Å². The summed E-state index contributed by atoms with van der Waals surface area (Å²) in [5.41, 5.74) is -0.573. The van der Waals surface area contributed by atoms with Gasteiger partial charge in [0.15, 0.2) is 0 Å². The Morgan fingerprint density at radius 1 is 1.20 bits per heavy atom. The highest BCUT2D eigenvalue weighted by Crippen LogP contribution is 2.33. The molecule has 2 aromatic carbocycles. The van der Waals surface area contributed by atoms with Gasteiger partial charge in [0, 0.05) is 18.2 Å². The molecular formula is C18H16Cl2F3N3O4. The van der Waals surface area contributed by atoms with Crippen molar-refractivity contribution in [3.05, 3.63) is 67.7 Å². The van der Waals surface area contributed by atoms with Crippen molar-refractivity contribution in [1.29, 1.82) is 0 Å². The topological polar surface area (TPSA) is 84.7 Å². The minimum absolute atomic E-state index is 0.208. The number of nitrogens with zero attached hydrogens (tertiary/aromatic N) is 2. The Morgan fingerprint density at radius 3 is 2.40 bits per heavy atom. The van der Waals surface area contributed by atoms with Crippen molar-refractivity contribution in [1.82, 2.24) is 10.2 Å². The number of likely N-dealkylation sites (N-methyl/N-ethyl adjacent to an activating group) is 1. The highest BCUT2D eigenvalue weighted by molar-refractivity contribution is 6.42. The number of halogens is 5. The van der Waals surface area contributed by atoms with Crippen molar-refractivity contribution in [3.8, 4) is 5.75 Å². The molecular weight excluding hydrogens is 450 g/mol. The summed E-state index contributed by atoms with van der Waals surface area (Å²) in [5, 5.41) is 14.4. The van der Waals surface area contributed by atoms with Crippen LogP contribution in [0.15, 0.2) is 36.4 Å². The van der Waals surface area contributed by atoms with Gasteiger partial charge in [0.05, 0.1) is 21.0 Å². The van der Waals surface area contributed by atoms with Crippen molar-refractivity contribution in [3.63, 3.8) is 0 Å². The molecule has 0 spiro atoms. The molecule has 0 aliphatic heterocycles. The summed E-state index contributed by atoms with van der Waals surface area (Å²) >= 11 is 11.9. The molecule has 2 aromatic rings. The molecule has 0 saturated heterocycles. The second kappa shape index (κ2) is 9.50. The molecule has 0 unspecified atom stereocenters. The van der Waals surface area contributed by atoms with Gasteiger partial charge in [0.2, 0.25) is 5.75 Å². The van der Waals surface area contributed by atoms with E-state index in [4.69, 9.17) is 23.2 Å². The van der Waals surface area contributed by atoms with Gasteiger partial charge in [-0.15, -0.1) is 13.2 Å². The number of ether oxygens (including phenoxy) is 1. The molecule has 0 aliphatic carbocycles. The first-order chi connectivity index (χ1) is 13.9. The minimum Gasteiger partial charge on any atom is -0.398 e. The Bertz CT molecular complexity index is 955. The van der Waals surface area contributed by atoms with Gasteiger partial charge in [-0.05, 0) is 43.9 Å². The lowest BCUT2D eigenvalue weighted by atomic mass is 10.1. The van der Waals surface area contributed by atoms with Crippen molar-refractivity contribution < 1.29 is 27.6 Å². The third-order valence-corrected chi connectivity index (χ3v) is 4.58. The predicted octanol–water partition coefficient (Wildman–Crippen LogP) is 4.83. The van der Waals surface area contributed by atoms with E-state index in [9.17, 15) is 28.1 Å². The van der Waals surface area contributed by atoms with E-state index in [1.54, 1.807) is 37.2 Å². The molecule has 1 N–H and O–H groups in total. The van der Waals surface area contributed by atoms with Crippen LogP contribution in [0.3, 0.4) is 0 Å². The number of alkyl halides is 3. The lowest BCUT2D eigenvalue weighted by Crippen LogP contribution is -2.35. The standard InChI is InChI=1S/C18H16Cl2F3N3O4/c1-25(2)9-14(10-3-5-12(19)13(20)7-10)24-17(27)11-4-6-16(30-18(21,22)23)15(8-11)26(28)29/h3-8,14H,9H2,1-2H3,(H,24,27)/t14-/m1/s1. The molecule has 0 bridgehead atoms. The molecule has 1 atom stereocenters. The van der Waals surface area contributed by atoms with E-state index in [1.165, 1.54) is 0 Å². The zero-order valence-electron chi connectivity index (χ0n) is 15.7. The van der Waals surface area contributed by atoms with Gasteiger partial charge in [-0.1, -0.05) is 29.3 Å². The maximum Gasteiger partial charge on any atom is 0.573 e. The average molecular weight is 466 g/mol. The number of carbonyl (C=O) groups is 1. The molecule has 0 aromatic heterocycles. The smallest absolute Gasteiger partial charge is 0.398 e. The fourth-order valence-electron chi connectivity index (χ4n) is 2.58. The third kappa shape index (κ3) is 6.48. The molecule has 0 radical (unpaired) electrons. The summed E-state index contributed by atoms with van der Waals surface area (Å²) in [6, 6.07) is 6.66. The minimum atomic E-state index is -5.11. The van der Waals surface area contributed by atoms with E-state index in [-0.39, 0.29) is 10.6 Å². The van der Waals surface area contributed by atoms with Crippen LogP contribution in [0.25, 0.3) is 0 Å². The third-order valence-electron chi connectivity index (χ3n) is 3.84. The Morgan fingerprint density at radius 2 is 1.87 bits per heavy atom. The molecule has 0 aliphatic rings. The summed E-state index contributed by atoms with van der Waals surface area (Å²) in [6.07, 6.45) is -5.11. The Labute approximate surface area is 179 Å². The first-order valence-corrected chi connectivity index (χ1v) is 9.07. The summed E-state index contributed by atoms with van der Waals surface area (Å²) < 4.78 is 41.0. The van der Waals surface area contributed by atoms with E-state index in [2.05, 4.69) is 10.1 Å². The predicted molar refractivity (Wildman–Crippen MR) is 105 cm³/mol. The molecule has 30 heavy (non-hydrogen) atoms. The largest absolute Gasteiger partial charge is 0.573 e. The number of hydrogen-bond acceptors (Lipinski definition) is 5. The summed E-state index contributed by atoms with van der Waals surface area (Å²) in [4.78, 5) is 24.5. The Kier molecular flexibility index (Phi) is 7.51. The van der Waals surface area contributed by atoms with Crippen molar-refractivity contribution >= 4 is 34.8 Å². The van der Waals surface area contributed by atoms with Crippen molar-refractivity contribution in [2.45, 2.75) is 12.4 Å². The van der Waals surface area contributed by atoms with Crippen LogP contribution in [0.5, 0.6) is 5.75 Å². The first kappa shape index (κ1) is 23.7. The van der Waals surface area contributed by atoms with E-state index < -0.39 is 34.7 Å². The van der Waals surface area contributed by atoms with Crippen LogP contribution in [0.4, 0.5) is 18.9 Å². The zero-order chi connectivity index (χ0) is 22.6. The van der Waals surface area contributed by atoms with Gasteiger partial charge in [-0.2, -0.15) is 0 Å². The number of rotatable bonds is 7. The molecule has 0 fully saturated rings. The SMILES string of the molecule is CN(C)C[C@@H](NC(=O)c1ccc(OC(F)(F)F)c([N+](=O)[O-])c1)c1ccc(Cl)c(Cl)c1. The van der Waals surface area contributed by atoms with Gasteiger partial charge in [-0.25, -0.2) is 0 Å². The maximum atomic E-state index is 12.7. The molecule has 0 heterocycles. The van der Waals surface area contributed by atoms with E-state index in [0.717, 1.165) is 18.2 Å². The number of nitro groups is 1. The number of hydrogen-bond donors (Lipinski definition) is 1. The Hall–Kier alpha value is -2.56. The fraction of sp³-hybridized carbons (Fsp3) is 0.278. The summed E-state index contributed by atoms with van der Waals surface area (Å²) in [5.74, 6) is -1.74. The van der Waals surface area contributed by atoms with Crippen LogP contribution in [-0.4, -0.2) is 42.7 Å². The average Bonchev–Trinajstić information content (AvgIpc) is 2.61. The van der Waals surface area contributed by atoms with Crippen LogP contribution < -0.4 is 10.1 Å². The number of amides is 1. The quantitative estimate of drug-likeness (QED) is 0.467. The van der Waals surface area contributed by atoms with Crippen LogP contribution >= 0.6 is 23.2 Å². The lowest BCUT2D eigenvalue weighted by Gasteiger charge is -2.23. The van der Waals surface area contributed by atoms with Gasteiger partial charge in [-0.3, -0.25) is 14.9 Å². The molecule has 162 valence electrons. The first-order valence-electron chi connectivity index (χ1n) is 8.32. The maximum absolute atomic E-state index is 12.7. The van der Waals surface area contributed by atoms with Gasteiger partial charge in [0.25, 0.3) is 5.91 Å². The number of nitro benzene ring substituents is 1. The number of benzene rings is 2. The second-order valence-electron chi connectivity index (χ2n) is 6.45. The summed E-state index contributed by atoms with van der Waals surface area (Å²) in [7, 11) is 3.54. The normalized spacial score (nSPS) is 12.5. The lowest BCUT2D eigenvalue weighted by molar-refractivity contribution is -0.388. The zero-order valence-corrected chi connectivity index (χ0v) is 17.2. The number of nitrogens with one attached hydrogen (secondary N) is 1. The van der Waals surface area contributed by atoms with E-state index in [0.29, 0.717) is 17.1 Å². The van der Waals surface area contributed by atoms with E-state index in [1.807, 2.05) is 0 Å². The molecule has 7 nitrogen and oxygen atoms in total. The van der Waals surface area contributed by atoms with Crippen LogP contribution in [-0.2, 0) is 0 Å². The van der Waals surface area contributed by atoms with Crippen LogP contribution in [0.1, 0.15) is 22.0 Å². The second-order valence-corrected chi connectivity index (χ2v) is 7.26. The van der Waals surface area contributed by atoms with Crippen LogP contribution in [0, 0.1) is 10.1 Å². The highest BCUT2D eigenvalue weighted by Gasteiger charge is 2.34. The van der Waals surface area contributed by atoms with Crippen molar-refractivity contribution in [2.24, 2.45) is 0 Å². The van der Waals surface area contributed by atoms with Gasteiger partial charge in [0.1, 0.15) is 0 Å². The van der Waals surface area contributed by atoms with Crippen LogP contribution in [0.2, 0.25) is 10.0 Å². The van der Waals surface area contributed by atoms with Crippen molar-refractivity contribution in [2.75, 3.05) is 20.6 Å². The molecule has 2 rings (SSSR count). The van der Waals surface area contributed by atoms with Gasteiger partial charge >= 0.3 is 12.0 Å². The molecule has 1 amide bonds. The molecule has 0 saturated carbocycles. The summed E-state index contributed by atoms with van der Waals surface area (Å²) in [6.45, 7) is 0.348. The Balaban J connectivity index is 2.33.